The van der Waals surface area contributed by atoms with Gasteiger partial charge in [0.1, 0.15) is 0 Å². The van der Waals surface area contributed by atoms with Gasteiger partial charge in [0.2, 0.25) is 0 Å². The molecule has 0 aliphatic carbocycles. The van der Waals surface area contributed by atoms with Crippen molar-refractivity contribution in [1.29, 1.82) is 0 Å². The molecule has 1 N–H and O–H groups in total. The van der Waals surface area contributed by atoms with Gasteiger partial charge in [0.05, 0.1) is 12.7 Å². The minimum absolute atomic E-state index is 0.0572. The minimum atomic E-state index is -1.09. The third-order valence-corrected chi connectivity index (χ3v) is 0.760. The predicted octanol–water partition coefficient (Wildman–Crippen LogP) is 2.07. The Morgan fingerprint density at radius 1 is 1.43 bits per heavy atom. The van der Waals surface area contributed by atoms with E-state index in [1.807, 2.05) is 0 Å². The molecule has 0 atom stereocenters. The van der Waals surface area contributed by atoms with Gasteiger partial charge in [0.15, 0.2) is 0 Å². The molecule has 0 aliphatic heterocycles. The van der Waals surface area contributed by atoms with Crippen molar-refractivity contribution in [3.8, 4) is 0 Å². The van der Waals surface area contributed by atoms with Crippen molar-refractivity contribution in [2.24, 2.45) is 0 Å². The molecule has 0 aromatic heterocycles. The second-order valence-corrected chi connectivity index (χ2v) is 2.06. The van der Waals surface area contributed by atoms with E-state index in [9.17, 15) is 9.59 Å². The lowest BCUT2D eigenvalue weighted by Crippen LogP contribution is -1.96. The Kier molecular flexibility index (Phi) is 12.2. The van der Waals surface area contributed by atoms with Crippen LogP contribution in [0.2, 0.25) is 0 Å². The van der Waals surface area contributed by atoms with Gasteiger partial charge in [-0.3, -0.25) is 4.79 Å². The van der Waals surface area contributed by atoms with Gasteiger partial charge in [-0.05, 0) is 5.54 Å². The van der Waals surface area contributed by atoms with Gasteiger partial charge in [-0.15, -0.1) is 0 Å². The first kappa shape index (κ1) is 14.9. The number of carbonyl (C=O) groups is 2. The Bertz CT molecular complexity index is 233. The number of rotatable bonds is 4. The molecule has 0 aromatic carbocycles. The molecule has 5 heteroatoms. The van der Waals surface area contributed by atoms with Gasteiger partial charge >= 0.3 is 11.9 Å². The van der Waals surface area contributed by atoms with E-state index in [2.05, 4.69) is 17.9 Å². The average Bonchev–Trinajstić information content (AvgIpc) is 2.05. The van der Waals surface area contributed by atoms with Crippen LogP contribution in [0, 0.1) is 0 Å². The molecule has 0 aromatic rings. The van der Waals surface area contributed by atoms with Gasteiger partial charge in [-0.2, -0.15) is 0 Å². The van der Waals surface area contributed by atoms with E-state index < -0.39 is 11.9 Å². The first-order chi connectivity index (χ1) is 6.58. The second-order valence-electron chi connectivity index (χ2n) is 1.76. The Morgan fingerprint density at radius 3 is 2.29 bits per heavy atom. The first-order valence-electron chi connectivity index (χ1n) is 3.49. The Hall–Kier alpha value is -1.55. The number of hydrogen-bond donors (Lipinski definition) is 1. The number of ether oxygens (including phenoxy) is 1. The molecule has 78 valence electrons. The lowest BCUT2D eigenvalue weighted by molar-refractivity contribution is -0.136. The van der Waals surface area contributed by atoms with Crippen molar-refractivity contribution in [3.63, 3.8) is 0 Å². The summed E-state index contributed by atoms with van der Waals surface area (Å²) in [6, 6.07) is 0. The monoisotopic (exact) mass is 218 g/mol. The van der Waals surface area contributed by atoms with E-state index in [0.29, 0.717) is 0 Å². The zero-order chi connectivity index (χ0) is 11.4. The molecular weight excluding hydrogens is 208 g/mol. The maximum Gasteiger partial charge on any atom is 0.327 e. The second kappa shape index (κ2) is 11.4. The van der Waals surface area contributed by atoms with Crippen molar-refractivity contribution >= 4 is 23.5 Å². The van der Waals surface area contributed by atoms with Crippen LogP contribution in [0.5, 0.6) is 0 Å². The number of carbonyl (C=O) groups excluding carboxylic acids is 1. The predicted molar refractivity (Wildman–Crippen MR) is 53.7 cm³/mol. The van der Waals surface area contributed by atoms with Crippen molar-refractivity contribution in [2.45, 2.75) is 6.42 Å². The number of carboxylic acids is 1. The van der Waals surface area contributed by atoms with Crippen molar-refractivity contribution < 1.29 is 19.4 Å². The third kappa shape index (κ3) is 16.8. The van der Waals surface area contributed by atoms with Gasteiger partial charge < -0.3 is 9.84 Å². The number of aliphatic carboxylic acids is 1. The van der Waals surface area contributed by atoms with E-state index in [0.717, 1.165) is 12.3 Å². The molecule has 0 amide bonds. The summed E-state index contributed by atoms with van der Waals surface area (Å²) >= 11 is 4.76. The molecule has 0 bridgehead atoms. The topological polar surface area (TPSA) is 63.6 Å². The van der Waals surface area contributed by atoms with Crippen LogP contribution < -0.4 is 0 Å². The highest BCUT2D eigenvalue weighted by atomic mass is 35.5. The molecule has 0 radical (unpaired) electrons. The number of esters is 1. The highest BCUT2D eigenvalue weighted by Crippen LogP contribution is 1.88. The van der Waals surface area contributed by atoms with Crippen LogP contribution in [0.3, 0.4) is 0 Å². The number of halogens is 1. The summed E-state index contributed by atoms with van der Waals surface area (Å²) < 4.78 is 4.30. The molecule has 0 rings (SSSR count). The molecular formula is C9H11ClO4. The van der Waals surface area contributed by atoms with Crippen LogP contribution in [0.15, 0.2) is 37.1 Å². The van der Waals surface area contributed by atoms with Gasteiger partial charge in [0.25, 0.3) is 0 Å². The Morgan fingerprint density at radius 2 is 1.93 bits per heavy atom. The summed E-state index contributed by atoms with van der Waals surface area (Å²) in [5.74, 6) is -1.62. The van der Waals surface area contributed by atoms with Crippen LogP contribution >= 0.6 is 11.6 Å². The Balaban J connectivity index is 0. The SMILES string of the molecule is C=CCl.C=COC(=O)CC=CC(=O)O. The summed E-state index contributed by atoms with van der Waals surface area (Å²) in [6.07, 6.45) is 3.02. The fourth-order valence-electron chi connectivity index (χ4n) is 0.397. The zero-order valence-corrected chi connectivity index (χ0v) is 8.24. The normalized spacial score (nSPS) is 8.36. The van der Waals surface area contributed by atoms with Crippen LogP contribution in [-0.4, -0.2) is 17.0 Å². The molecule has 0 spiro atoms. The zero-order valence-electron chi connectivity index (χ0n) is 7.48. The van der Waals surface area contributed by atoms with Crippen LogP contribution in [0.4, 0.5) is 0 Å². The lowest BCUT2D eigenvalue weighted by atomic mass is 10.4. The highest BCUT2D eigenvalue weighted by Gasteiger charge is 1.95. The fraction of sp³-hybridized carbons (Fsp3) is 0.111. The van der Waals surface area contributed by atoms with Crippen LogP contribution in [0.25, 0.3) is 0 Å². The molecule has 0 fully saturated rings. The quantitative estimate of drug-likeness (QED) is 0.446. The molecule has 4 nitrogen and oxygen atoms in total. The van der Waals surface area contributed by atoms with E-state index in [1.165, 1.54) is 11.6 Å². The summed E-state index contributed by atoms with van der Waals surface area (Å²) in [6.45, 7) is 6.29. The smallest absolute Gasteiger partial charge is 0.327 e. The van der Waals surface area contributed by atoms with Gasteiger partial charge in [-0.25, -0.2) is 4.79 Å². The van der Waals surface area contributed by atoms with E-state index in [1.54, 1.807) is 0 Å². The van der Waals surface area contributed by atoms with Crippen molar-refractivity contribution in [3.05, 3.63) is 37.1 Å². The highest BCUT2D eigenvalue weighted by molar-refractivity contribution is 6.25. The number of carboxylic acid groups (broad SMARTS) is 1. The summed E-state index contributed by atoms with van der Waals surface area (Å²) in [5.41, 5.74) is 1.22. The van der Waals surface area contributed by atoms with Crippen LogP contribution in [0.1, 0.15) is 6.42 Å². The fourth-order valence-corrected chi connectivity index (χ4v) is 0.397. The van der Waals surface area contributed by atoms with Gasteiger partial charge in [0, 0.05) is 6.08 Å². The molecule has 0 saturated heterocycles. The average molecular weight is 219 g/mol. The van der Waals surface area contributed by atoms with E-state index >= 15 is 0 Å². The van der Waals surface area contributed by atoms with E-state index in [4.69, 9.17) is 16.7 Å². The standard InChI is InChI=1S/C7H8O4.C2H3Cl/c1-2-11-7(10)5-3-4-6(8)9;1-2-3/h2-4H,1,5H2,(H,8,9);2H,1H2. The maximum absolute atomic E-state index is 10.5. The maximum atomic E-state index is 10.5. The molecule has 0 heterocycles. The molecule has 0 unspecified atom stereocenters. The summed E-state index contributed by atoms with van der Waals surface area (Å²) in [4.78, 5) is 20.4. The number of hydrogen-bond acceptors (Lipinski definition) is 3. The molecule has 0 aliphatic rings. The van der Waals surface area contributed by atoms with E-state index in [-0.39, 0.29) is 6.42 Å². The molecule has 14 heavy (non-hydrogen) atoms. The minimum Gasteiger partial charge on any atom is -0.478 e. The van der Waals surface area contributed by atoms with Crippen molar-refractivity contribution in [1.82, 2.24) is 0 Å². The van der Waals surface area contributed by atoms with Crippen LogP contribution in [-0.2, 0) is 14.3 Å². The van der Waals surface area contributed by atoms with Gasteiger partial charge in [-0.1, -0.05) is 30.8 Å². The third-order valence-electron chi connectivity index (χ3n) is 0.760. The molecule has 0 saturated carbocycles. The largest absolute Gasteiger partial charge is 0.478 e. The summed E-state index contributed by atoms with van der Waals surface area (Å²) in [7, 11) is 0. The van der Waals surface area contributed by atoms with Crippen molar-refractivity contribution in [2.75, 3.05) is 0 Å². The lowest BCUT2D eigenvalue weighted by Gasteiger charge is -1.91. The summed E-state index contributed by atoms with van der Waals surface area (Å²) in [5, 5.41) is 8.10. The Labute approximate surface area is 87.1 Å². The first-order valence-corrected chi connectivity index (χ1v) is 3.93.